The maximum atomic E-state index is 13.4. The average Bonchev–Trinajstić information content (AvgIpc) is 2.28. The lowest BCUT2D eigenvalue weighted by atomic mass is 10.0. The van der Waals surface area contributed by atoms with E-state index in [2.05, 4.69) is 0 Å². The van der Waals surface area contributed by atoms with Crippen molar-refractivity contribution in [3.63, 3.8) is 0 Å². The van der Waals surface area contributed by atoms with Crippen molar-refractivity contribution in [2.24, 2.45) is 0 Å². The van der Waals surface area contributed by atoms with Gasteiger partial charge in [-0.1, -0.05) is 18.2 Å². The van der Waals surface area contributed by atoms with Crippen LogP contribution in [0.4, 0.5) is 4.39 Å². The zero-order chi connectivity index (χ0) is 12.6. The highest BCUT2D eigenvalue weighted by Gasteiger charge is 2.29. The number of fused-ring (bicyclic) bond motifs is 1. The molecule has 4 nitrogen and oxygen atoms in total. The van der Waals surface area contributed by atoms with Crippen LogP contribution in [-0.4, -0.2) is 25.2 Å². The lowest BCUT2D eigenvalue weighted by molar-refractivity contribution is -0.134. The van der Waals surface area contributed by atoms with Gasteiger partial charge in [-0.25, -0.2) is 13.2 Å². The third-order valence-electron chi connectivity index (χ3n) is 2.62. The van der Waals surface area contributed by atoms with Crippen LogP contribution in [0.3, 0.4) is 0 Å². The molecule has 0 saturated heterocycles. The lowest BCUT2D eigenvalue weighted by Crippen LogP contribution is -2.17. The average molecular weight is 256 g/mol. The lowest BCUT2D eigenvalue weighted by Gasteiger charge is -2.18. The molecule has 1 aromatic carbocycles. The van der Waals surface area contributed by atoms with Crippen molar-refractivity contribution in [3.05, 3.63) is 35.7 Å². The van der Waals surface area contributed by atoms with Crippen LogP contribution >= 0.6 is 0 Å². The van der Waals surface area contributed by atoms with Gasteiger partial charge in [0, 0.05) is 5.57 Å². The van der Waals surface area contributed by atoms with Crippen molar-refractivity contribution in [2.75, 3.05) is 5.75 Å². The number of carboxylic acid groups (broad SMARTS) is 1. The molecular weight excluding hydrogens is 247 g/mol. The Hall–Kier alpha value is -1.69. The number of sulfone groups is 1. The Morgan fingerprint density at radius 2 is 1.94 bits per heavy atom. The number of benzene rings is 1. The first-order valence-electron chi connectivity index (χ1n) is 4.87. The van der Waals surface area contributed by atoms with E-state index in [1.54, 1.807) is 6.07 Å². The molecule has 0 unspecified atom stereocenters. The summed E-state index contributed by atoms with van der Waals surface area (Å²) in [6.07, 6.45) is -0.114. The third kappa shape index (κ3) is 1.95. The molecule has 0 amide bonds. The Kier molecular flexibility index (Phi) is 2.74. The maximum absolute atomic E-state index is 13.4. The zero-order valence-electron chi connectivity index (χ0n) is 8.68. The van der Waals surface area contributed by atoms with E-state index in [4.69, 9.17) is 5.11 Å². The summed E-state index contributed by atoms with van der Waals surface area (Å²) in [5.74, 6) is -3.22. The number of allylic oxidation sites excluding steroid dienone is 1. The zero-order valence-corrected chi connectivity index (χ0v) is 9.50. The quantitative estimate of drug-likeness (QED) is 0.775. The summed E-state index contributed by atoms with van der Waals surface area (Å²) in [5.41, 5.74) is 0.0987. The van der Waals surface area contributed by atoms with Gasteiger partial charge >= 0.3 is 5.97 Å². The number of carbonyl (C=O) groups is 1. The van der Waals surface area contributed by atoms with Crippen molar-refractivity contribution in [1.29, 1.82) is 0 Å². The minimum absolute atomic E-state index is 0.00218. The van der Waals surface area contributed by atoms with Gasteiger partial charge in [-0.05, 0) is 18.1 Å². The molecule has 0 bridgehead atoms. The molecule has 17 heavy (non-hydrogen) atoms. The molecule has 1 heterocycles. The fourth-order valence-electron chi connectivity index (χ4n) is 1.83. The Labute approximate surface area is 97.3 Å². The highest BCUT2D eigenvalue weighted by Crippen LogP contribution is 2.35. The first-order chi connectivity index (χ1) is 7.93. The first-order valence-corrected chi connectivity index (χ1v) is 6.53. The van der Waals surface area contributed by atoms with E-state index in [0.717, 1.165) is 0 Å². The molecule has 6 heteroatoms. The van der Waals surface area contributed by atoms with Gasteiger partial charge in [-0.15, -0.1) is 0 Å². The number of hydrogen-bond acceptors (Lipinski definition) is 3. The molecule has 0 spiro atoms. The molecule has 0 aromatic heterocycles. The van der Waals surface area contributed by atoms with Crippen molar-refractivity contribution in [3.8, 4) is 0 Å². The number of rotatable bonds is 1. The number of hydrogen-bond donors (Lipinski definition) is 1. The third-order valence-corrected chi connectivity index (χ3v) is 4.39. The first kappa shape index (κ1) is 11.8. The van der Waals surface area contributed by atoms with E-state index in [9.17, 15) is 17.6 Å². The SMILES string of the molecule is O=C(O)/C(F)=C1/CCS(=O)(=O)c2ccccc21. The summed E-state index contributed by atoms with van der Waals surface area (Å²) in [4.78, 5) is 10.6. The number of halogens is 1. The van der Waals surface area contributed by atoms with Gasteiger partial charge in [0.1, 0.15) is 0 Å². The summed E-state index contributed by atoms with van der Waals surface area (Å²) in [6.45, 7) is 0. The molecule has 0 fully saturated rings. The van der Waals surface area contributed by atoms with Gasteiger partial charge in [0.2, 0.25) is 5.83 Å². The summed E-state index contributed by atoms with van der Waals surface area (Å²) < 4.78 is 36.9. The van der Waals surface area contributed by atoms with Crippen molar-refractivity contribution >= 4 is 21.4 Å². The molecule has 1 aromatic rings. The summed E-state index contributed by atoms with van der Waals surface area (Å²) in [7, 11) is -3.43. The number of aliphatic carboxylic acids is 1. The number of carboxylic acids is 1. The smallest absolute Gasteiger partial charge is 0.365 e. The van der Waals surface area contributed by atoms with Crippen molar-refractivity contribution < 1.29 is 22.7 Å². The van der Waals surface area contributed by atoms with E-state index in [1.807, 2.05) is 0 Å². The van der Waals surface area contributed by atoms with Crippen LogP contribution in [0.1, 0.15) is 12.0 Å². The molecule has 0 saturated carbocycles. The van der Waals surface area contributed by atoms with Gasteiger partial charge in [0.15, 0.2) is 9.84 Å². The minimum Gasteiger partial charge on any atom is -0.476 e. The van der Waals surface area contributed by atoms with Crippen LogP contribution in [0, 0.1) is 0 Å². The molecule has 0 radical (unpaired) electrons. The van der Waals surface area contributed by atoms with E-state index in [1.165, 1.54) is 18.2 Å². The van der Waals surface area contributed by atoms with Crippen LogP contribution in [-0.2, 0) is 14.6 Å². The highest BCUT2D eigenvalue weighted by atomic mass is 32.2. The van der Waals surface area contributed by atoms with E-state index < -0.39 is 21.6 Å². The Morgan fingerprint density at radius 1 is 1.29 bits per heavy atom. The molecule has 1 aliphatic heterocycles. The molecular formula is C11H9FO4S. The topological polar surface area (TPSA) is 71.4 Å². The van der Waals surface area contributed by atoms with Gasteiger partial charge in [-0.3, -0.25) is 0 Å². The molecule has 0 atom stereocenters. The molecule has 0 aliphatic carbocycles. The molecule has 2 rings (SSSR count). The second kappa shape index (κ2) is 3.96. The Bertz CT molecular complexity index is 616. The van der Waals surface area contributed by atoms with Crippen molar-refractivity contribution in [1.82, 2.24) is 0 Å². The van der Waals surface area contributed by atoms with Crippen LogP contribution in [0.5, 0.6) is 0 Å². The largest absolute Gasteiger partial charge is 0.476 e. The minimum atomic E-state index is -3.43. The van der Waals surface area contributed by atoms with E-state index >= 15 is 0 Å². The fraction of sp³-hybridized carbons (Fsp3) is 0.182. The Morgan fingerprint density at radius 3 is 2.59 bits per heavy atom. The predicted molar refractivity (Wildman–Crippen MR) is 58.8 cm³/mol. The molecule has 1 aliphatic rings. The summed E-state index contributed by atoms with van der Waals surface area (Å²) in [5, 5.41) is 8.61. The van der Waals surface area contributed by atoms with E-state index in [-0.39, 0.29) is 28.2 Å². The van der Waals surface area contributed by atoms with Crippen LogP contribution in [0.25, 0.3) is 5.57 Å². The standard InChI is InChI=1S/C11H9FO4S/c12-10(11(13)14)8-5-6-17(15,16)9-4-2-1-3-7(8)9/h1-4H,5-6H2,(H,13,14)/b10-8+. The van der Waals surface area contributed by atoms with Crippen LogP contribution in [0.2, 0.25) is 0 Å². The highest BCUT2D eigenvalue weighted by molar-refractivity contribution is 7.91. The Balaban J connectivity index is 2.73. The van der Waals surface area contributed by atoms with Gasteiger partial charge in [-0.2, -0.15) is 4.39 Å². The molecule has 90 valence electrons. The van der Waals surface area contributed by atoms with Crippen LogP contribution in [0.15, 0.2) is 35.0 Å². The van der Waals surface area contributed by atoms with Gasteiger partial charge < -0.3 is 5.11 Å². The van der Waals surface area contributed by atoms with Crippen molar-refractivity contribution in [2.45, 2.75) is 11.3 Å². The maximum Gasteiger partial charge on any atom is 0.365 e. The second-order valence-electron chi connectivity index (χ2n) is 3.66. The van der Waals surface area contributed by atoms with Crippen LogP contribution < -0.4 is 0 Å². The summed E-state index contributed by atoms with van der Waals surface area (Å²) >= 11 is 0. The monoisotopic (exact) mass is 256 g/mol. The fourth-order valence-corrected chi connectivity index (χ4v) is 3.33. The van der Waals surface area contributed by atoms with Gasteiger partial charge in [0.05, 0.1) is 10.6 Å². The normalized spacial score (nSPS) is 20.5. The summed E-state index contributed by atoms with van der Waals surface area (Å²) in [6, 6.07) is 5.86. The predicted octanol–water partition coefficient (Wildman–Crippen LogP) is 1.63. The molecule has 1 N–H and O–H groups in total. The second-order valence-corrected chi connectivity index (χ2v) is 5.74. The van der Waals surface area contributed by atoms with Gasteiger partial charge in [0.25, 0.3) is 0 Å². The van der Waals surface area contributed by atoms with E-state index in [0.29, 0.717) is 0 Å².